The fourth-order valence-corrected chi connectivity index (χ4v) is 3.17. The van der Waals surface area contributed by atoms with Crippen molar-refractivity contribution in [1.82, 2.24) is 10.7 Å². The Morgan fingerprint density at radius 1 is 1.06 bits per heavy atom. The second-order valence-electron chi connectivity index (χ2n) is 8.05. The molecule has 9 nitrogen and oxygen atoms in total. The molecular weight excluding hydrogens is 516 g/mol. The van der Waals surface area contributed by atoms with E-state index in [1.54, 1.807) is 18.2 Å². The molecule has 35 heavy (non-hydrogen) atoms. The number of hydrazone groups is 1. The summed E-state index contributed by atoms with van der Waals surface area (Å²) in [4.78, 5) is 36.1. The third-order valence-corrected chi connectivity index (χ3v) is 5.25. The second kappa shape index (κ2) is 14.2. The number of rotatable bonds is 11. The number of carbonyl (C=O) groups excluding carboxylic acids is 3. The maximum absolute atomic E-state index is 12.3. The lowest BCUT2D eigenvalue weighted by molar-refractivity contribution is -0.139. The molecule has 2 aromatic rings. The van der Waals surface area contributed by atoms with E-state index in [4.69, 9.17) is 9.47 Å². The van der Waals surface area contributed by atoms with E-state index in [2.05, 4.69) is 37.1 Å². The van der Waals surface area contributed by atoms with Gasteiger partial charge in [0.25, 0.3) is 5.91 Å². The second-order valence-corrected chi connectivity index (χ2v) is 8.96. The van der Waals surface area contributed by atoms with Gasteiger partial charge in [-0.2, -0.15) is 5.10 Å². The molecule has 0 aliphatic heterocycles. The van der Waals surface area contributed by atoms with E-state index in [0.29, 0.717) is 36.6 Å². The number of aryl methyl sites for hydroxylation is 2. The van der Waals surface area contributed by atoms with Crippen LogP contribution in [0.3, 0.4) is 0 Å². The number of nitrogens with one attached hydrogen (secondary N) is 3. The average Bonchev–Trinajstić information content (AvgIpc) is 2.80. The van der Waals surface area contributed by atoms with Gasteiger partial charge in [-0.3, -0.25) is 14.4 Å². The summed E-state index contributed by atoms with van der Waals surface area (Å²) in [6.45, 7) is 8.41. The van der Waals surface area contributed by atoms with Crippen molar-refractivity contribution in [3.8, 4) is 5.75 Å². The summed E-state index contributed by atoms with van der Waals surface area (Å²) in [6.07, 6.45) is 2.04. The standard InChI is InChI=1S/C25H31BrN4O5/c1-16(2)34-11-5-10-27-24(32)25(33)30-28-14-19-13-20(26)7-9-22(19)35-15-23(31)29-21-8-6-17(3)18(4)12-21/h6-9,12-14,16H,5,10-11,15H2,1-4H3,(H,27,32)(H,29,31)(H,30,33)/b28-14-. The predicted octanol–water partition coefficient (Wildman–Crippen LogP) is 3.46. The highest BCUT2D eigenvalue weighted by Crippen LogP contribution is 2.22. The Hall–Kier alpha value is -3.24. The van der Waals surface area contributed by atoms with Crippen molar-refractivity contribution < 1.29 is 23.9 Å². The van der Waals surface area contributed by atoms with Gasteiger partial charge in [0.2, 0.25) is 0 Å². The van der Waals surface area contributed by atoms with Crippen LogP contribution < -0.4 is 20.8 Å². The summed E-state index contributed by atoms with van der Waals surface area (Å²) in [6, 6.07) is 10.8. The number of hydrogen-bond acceptors (Lipinski definition) is 6. The Labute approximate surface area is 213 Å². The van der Waals surface area contributed by atoms with Gasteiger partial charge in [0.05, 0.1) is 12.3 Å². The molecule has 10 heteroatoms. The summed E-state index contributed by atoms with van der Waals surface area (Å²) in [5.41, 5.74) is 5.59. The third kappa shape index (κ3) is 10.3. The first-order valence-electron chi connectivity index (χ1n) is 11.2. The van der Waals surface area contributed by atoms with Crippen LogP contribution in [0.25, 0.3) is 0 Å². The molecule has 0 aliphatic carbocycles. The Balaban J connectivity index is 1.87. The predicted molar refractivity (Wildman–Crippen MR) is 139 cm³/mol. The zero-order valence-electron chi connectivity index (χ0n) is 20.3. The van der Waals surface area contributed by atoms with Crippen molar-refractivity contribution >= 4 is 45.6 Å². The molecule has 3 N–H and O–H groups in total. The summed E-state index contributed by atoms with van der Waals surface area (Å²) < 4.78 is 11.8. The highest BCUT2D eigenvalue weighted by atomic mass is 79.9. The molecule has 0 bridgehead atoms. The van der Waals surface area contributed by atoms with Crippen LogP contribution >= 0.6 is 15.9 Å². The zero-order valence-corrected chi connectivity index (χ0v) is 21.9. The number of halogens is 1. The monoisotopic (exact) mass is 546 g/mol. The quantitative estimate of drug-likeness (QED) is 0.172. The lowest BCUT2D eigenvalue weighted by Gasteiger charge is -2.11. The van der Waals surface area contributed by atoms with Gasteiger partial charge in [0, 0.05) is 28.9 Å². The maximum atomic E-state index is 12.3. The summed E-state index contributed by atoms with van der Waals surface area (Å²) in [5, 5.41) is 9.13. The van der Waals surface area contributed by atoms with Crippen LogP contribution in [0.5, 0.6) is 5.75 Å². The summed E-state index contributed by atoms with van der Waals surface area (Å²) >= 11 is 3.37. The molecule has 0 radical (unpaired) electrons. The zero-order chi connectivity index (χ0) is 25.8. The highest BCUT2D eigenvalue weighted by molar-refractivity contribution is 9.10. The fourth-order valence-electron chi connectivity index (χ4n) is 2.80. The number of benzene rings is 2. The molecule has 0 atom stereocenters. The largest absolute Gasteiger partial charge is 0.483 e. The molecule has 0 saturated heterocycles. The molecule has 0 aromatic heterocycles. The van der Waals surface area contributed by atoms with Crippen LogP contribution in [0, 0.1) is 13.8 Å². The van der Waals surface area contributed by atoms with Crippen LogP contribution in [0.4, 0.5) is 5.69 Å². The van der Waals surface area contributed by atoms with E-state index >= 15 is 0 Å². The normalized spacial score (nSPS) is 10.9. The molecule has 2 aromatic carbocycles. The van der Waals surface area contributed by atoms with Crippen molar-refractivity contribution in [1.29, 1.82) is 0 Å². The van der Waals surface area contributed by atoms with E-state index in [0.717, 1.165) is 15.6 Å². The van der Waals surface area contributed by atoms with Crippen molar-refractivity contribution in [2.24, 2.45) is 5.10 Å². The van der Waals surface area contributed by atoms with Crippen molar-refractivity contribution in [3.63, 3.8) is 0 Å². The third-order valence-electron chi connectivity index (χ3n) is 4.76. The Morgan fingerprint density at radius 3 is 2.54 bits per heavy atom. The van der Waals surface area contributed by atoms with Gasteiger partial charge in [-0.05, 0) is 75.6 Å². The first-order valence-corrected chi connectivity index (χ1v) is 12.0. The number of carbonyl (C=O) groups is 3. The number of hydrogen-bond donors (Lipinski definition) is 3. The van der Waals surface area contributed by atoms with Crippen LogP contribution in [0.1, 0.15) is 37.0 Å². The first-order chi connectivity index (χ1) is 16.7. The van der Waals surface area contributed by atoms with Crippen LogP contribution in [0.2, 0.25) is 0 Å². The van der Waals surface area contributed by atoms with Gasteiger partial charge in [-0.25, -0.2) is 5.43 Å². The van der Waals surface area contributed by atoms with E-state index in [1.807, 2.05) is 45.9 Å². The van der Waals surface area contributed by atoms with Gasteiger partial charge in [0.15, 0.2) is 6.61 Å². The van der Waals surface area contributed by atoms with Crippen molar-refractivity contribution in [2.75, 3.05) is 25.1 Å². The molecule has 0 heterocycles. The first kappa shape index (κ1) is 28.0. The van der Waals surface area contributed by atoms with E-state index in [-0.39, 0.29) is 18.6 Å². The fraction of sp³-hybridized carbons (Fsp3) is 0.360. The van der Waals surface area contributed by atoms with Gasteiger partial charge < -0.3 is 20.1 Å². The molecule has 0 fully saturated rings. The topological polar surface area (TPSA) is 118 Å². The SMILES string of the molecule is Cc1ccc(NC(=O)COc2ccc(Br)cc2/C=N\NC(=O)C(=O)NCCCOC(C)C)cc1C. The molecular formula is C25H31BrN4O5. The molecule has 0 spiro atoms. The highest BCUT2D eigenvalue weighted by Gasteiger charge is 2.12. The van der Waals surface area contributed by atoms with Crippen LogP contribution in [0.15, 0.2) is 46.0 Å². The number of nitrogens with zero attached hydrogens (tertiary/aromatic N) is 1. The van der Waals surface area contributed by atoms with Gasteiger partial charge in [-0.15, -0.1) is 0 Å². The molecule has 188 valence electrons. The van der Waals surface area contributed by atoms with Crippen LogP contribution in [-0.2, 0) is 19.1 Å². The van der Waals surface area contributed by atoms with Crippen molar-refractivity contribution in [2.45, 2.75) is 40.2 Å². The summed E-state index contributed by atoms with van der Waals surface area (Å²) in [7, 11) is 0. The molecule has 0 unspecified atom stereocenters. The Bertz CT molecular complexity index is 1070. The number of ether oxygens (including phenoxy) is 2. The van der Waals surface area contributed by atoms with Gasteiger partial charge in [0.1, 0.15) is 5.75 Å². The van der Waals surface area contributed by atoms with E-state index < -0.39 is 11.8 Å². The smallest absolute Gasteiger partial charge is 0.329 e. The lowest BCUT2D eigenvalue weighted by atomic mass is 10.1. The number of anilines is 1. The summed E-state index contributed by atoms with van der Waals surface area (Å²) in [5.74, 6) is -1.62. The lowest BCUT2D eigenvalue weighted by Crippen LogP contribution is -2.38. The van der Waals surface area contributed by atoms with E-state index in [1.165, 1.54) is 6.21 Å². The minimum absolute atomic E-state index is 0.113. The van der Waals surface area contributed by atoms with Crippen molar-refractivity contribution in [3.05, 3.63) is 57.6 Å². The van der Waals surface area contributed by atoms with Gasteiger partial charge in [-0.1, -0.05) is 22.0 Å². The average molecular weight is 547 g/mol. The minimum atomic E-state index is -0.892. The minimum Gasteiger partial charge on any atom is -0.483 e. The molecule has 3 amide bonds. The Morgan fingerprint density at radius 2 is 1.83 bits per heavy atom. The molecule has 2 rings (SSSR count). The maximum Gasteiger partial charge on any atom is 0.329 e. The molecule has 0 aliphatic rings. The Kier molecular flexibility index (Phi) is 11.4. The van der Waals surface area contributed by atoms with Gasteiger partial charge >= 0.3 is 11.8 Å². The number of amides is 3. The molecule has 0 saturated carbocycles. The van der Waals surface area contributed by atoms with E-state index in [9.17, 15) is 14.4 Å². The van der Waals surface area contributed by atoms with Crippen LogP contribution in [-0.4, -0.2) is 49.8 Å².